The Bertz CT molecular complexity index is 852. The predicted octanol–water partition coefficient (Wildman–Crippen LogP) is 3.18. The highest BCUT2D eigenvalue weighted by atomic mass is 16.7. The Labute approximate surface area is 152 Å². The standard InChI is InChI=1S/C19H21N3O4/c1-11(2)10-25-15-6-5-13(9-16(15)24-4)8-14-18(20)22-17(21-19(14)23)7-12(3)26-22/h5-9,11,20H,10H2,1-4H3/b14-8-,20-18?. The van der Waals surface area contributed by atoms with Gasteiger partial charge in [-0.15, -0.1) is 5.06 Å². The lowest BCUT2D eigenvalue weighted by Crippen LogP contribution is -2.38. The number of fused-ring (bicyclic) bond motifs is 1. The Balaban J connectivity index is 1.88. The largest absolute Gasteiger partial charge is 0.493 e. The minimum atomic E-state index is -0.477. The summed E-state index contributed by atoms with van der Waals surface area (Å²) in [5.74, 6) is 1.97. The smallest absolute Gasteiger partial charge is 0.282 e. The summed E-state index contributed by atoms with van der Waals surface area (Å²) in [6.45, 7) is 6.45. The van der Waals surface area contributed by atoms with Gasteiger partial charge in [-0.2, -0.15) is 4.99 Å². The molecule has 7 nitrogen and oxygen atoms in total. The van der Waals surface area contributed by atoms with Crippen LogP contribution in [0.3, 0.4) is 0 Å². The molecule has 0 unspecified atom stereocenters. The molecule has 2 aliphatic rings. The number of hydrogen-bond donors (Lipinski definition) is 1. The van der Waals surface area contributed by atoms with Crippen LogP contribution in [0.1, 0.15) is 26.3 Å². The van der Waals surface area contributed by atoms with Crippen LogP contribution in [-0.2, 0) is 9.63 Å². The fourth-order valence-corrected chi connectivity index (χ4v) is 2.52. The Morgan fingerprint density at radius 1 is 1.35 bits per heavy atom. The zero-order chi connectivity index (χ0) is 18.8. The third-order valence-electron chi connectivity index (χ3n) is 3.75. The Morgan fingerprint density at radius 2 is 2.12 bits per heavy atom. The summed E-state index contributed by atoms with van der Waals surface area (Å²) in [5, 5.41) is 9.47. The van der Waals surface area contributed by atoms with Gasteiger partial charge in [0.2, 0.25) is 0 Å². The van der Waals surface area contributed by atoms with Crippen LogP contribution in [0, 0.1) is 11.3 Å². The van der Waals surface area contributed by atoms with Gasteiger partial charge in [-0.1, -0.05) is 19.9 Å². The third-order valence-corrected chi connectivity index (χ3v) is 3.75. The van der Waals surface area contributed by atoms with Gasteiger partial charge in [-0.25, -0.2) is 0 Å². The van der Waals surface area contributed by atoms with E-state index < -0.39 is 5.91 Å². The van der Waals surface area contributed by atoms with E-state index in [9.17, 15) is 4.79 Å². The van der Waals surface area contributed by atoms with E-state index >= 15 is 0 Å². The number of carbonyl (C=O) groups is 1. The second kappa shape index (κ2) is 7.03. The molecule has 1 aromatic carbocycles. The first-order valence-corrected chi connectivity index (χ1v) is 8.30. The number of hydrogen-bond acceptors (Lipinski definition) is 5. The summed E-state index contributed by atoms with van der Waals surface area (Å²) in [6.07, 6.45) is 3.21. The summed E-state index contributed by atoms with van der Waals surface area (Å²) < 4.78 is 11.1. The normalized spacial score (nSPS) is 17.9. The number of methoxy groups -OCH3 is 1. The molecule has 0 radical (unpaired) electrons. The highest BCUT2D eigenvalue weighted by Gasteiger charge is 2.34. The molecule has 0 atom stereocenters. The number of amides is 1. The minimum Gasteiger partial charge on any atom is -0.493 e. The third kappa shape index (κ3) is 3.46. The van der Waals surface area contributed by atoms with Gasteiger partial charge in [0.05, 0.1) is 19.3 Å². The van der Waals surface area contributed by atoms with Crippen LogP contribution in [0.25, 0.3) is 6.08 Å². The van der Waals surface area contributed by atoms with Crippen molar-refractivity contribution in [2.24, 2.45) is 10.9 Å². The molecular formula is C19H21N3O4. The van der Waals surface area contributed by atoms with E-state index in [1.807, 2.05) is 0 Å². The average Bonchev–Trinajstić information content (AvgIpc) is 2.97. The van der Waals surface area contributed by atoms with Crippen molar-refractivity contribution in [2.45, 2.75) is 20.8 Å². The van der Waals surface area contributed by atoms with Gasteiger partial charge in [0.25, 0.3) is 5.91 Å². The highest BCUT2D eigenvalue weighted by molar-refractivity contribution is 6.32. The van der Waals surface area contributed by atoms with Crippen molar-refractivity contribution in [1.82, 2.24) is 5.06 Å². The lowest BCUT2D eigenvalue weighted by atomic mass is 10.1. The fourth-order valence-electron chi connectivity index (χ4n) is 2.52. The second-order valence-electron chi connectivity index (χ2n) is 6.44. The van der Waals surface area contributed by atoms with E-state index in [0.717, 1.165) is 0 Å². The summed E-state index contributed by atoms with van der Waals surface area (Å²) in [5.41, 5.74) is 0.851. The van der Waals surface area contributed by atoms with Crippen molar-refractivity contribution in [3.63, 3.8) is 0 Å². The van der Waals surface area contributed by atoms with Gasteiger partial charge in [0.1, 0.15) is 5.76 Å². The van der Waals surface area contributed by atoms with E-state index in [2.05, 4.69) is 18.8 Å². The lowest BCUT2D eigenvalue weighted by Gasteiger charge is -2.23. The molecule has 2 heterocycles. The molecule has 1 N–H and O–H groups in total. The maximum atomic E-state index is 12.3. The number of ether oxygens (including phenoxy) is 2. The van der Waals surface area contributed by atoms with Crippen LogP contribution in [0.4, 0.5) is 0 Å². The van der Waals surface area contributed by atoms with Gasteiger partial charge in [-0.05, 0) is 36.6 Å². The van der Waals surface area contributed by atoms with E-state index in [4.69, 9.17) is 19.7 Å². The van der Waals surface area contributed by atoms with Crippen molar-refractivity contribution in [1.29, 1.82) is 5.41 Å². The van der Waals surface area contributed by atoms with Gasteiger partial charge < -0.3 is 14.3 Å². The molecule has 0 bridgehead atoms. The van der Waals surface area contributed by atoms with E-state index in [0.29, 0.717) is 41.2 Å². The van der Waals surface area contributed by atoms with Gasteiger partial charge >= 0.3 is 0 Å². The second-order valence-corrected chi connectivity index (χ2v) is 6.44. The van der Waals surface area contributed by atoms with Crippen LogP contribution in [0.5, 0.6) is 11.5 Å². The number of allylic oxidation sites excluding steroid dienone is 1. The number of amidine groups is 2. The predicted molar refractivity (Wildman–Crippen MR) is 98.2 cm³/mol. The topological polar surface area (TPSA) is 84.2 Å². The Hall–Kier alpha value is -3.09. The number of benzene rings is 1. The molecule has 3 rings (SSSR count). The number of hydroxylamine groups is 2. The summed E-state index contributed by atoms with van der Waals surface area (Å²) in [6, 6.07) is 5.35. The van der Waals surface area contributed by atoms with Gasteiger partial charge in [-0.3, -0.25) is 10.2 Å². The molecule has 26 heavy (non-hydrogen) atoms. The molecule has 7 heteroatoms. The quantitative estimate of drug-likeness (QED) is 0.820. The highest BCUT2D eigenvalue weighted by Crippen LogP contribution is 2.30. The molecule has 0 aliphatic carbocycles. The maximum Gasteiger partial charge on any atom is 0.282 e. The van der Waals surface area contributed by atoms with Crippen molar-refractivity contribution in [2.75, 3.05) is 13.7 Å². The van der Waals surface area contributed by atoms with Crippen molar-refractivity contribution < 1.29 is 19.1 Å². The number of aliphatic imine (C=N–C) groups is 1. The molecule has 2 aliphatic heterocycles. The first kappa shape index (κ1) is 17.7. The van der Waals surface area contributed by atoms with Crippen LogP contribution in [0.2, 0.25) is 0 Å². The zero-order valence-corrected chi connectivity index (χ0v) is 15.2. The fraction of sp³-hybridized carbons (Fsp3) is 0.316. The van der Waals surface area contributed by atoms with E-state index in [-0.39, 0.29) is 11.4 Å². The number of carbonyl (C=O) groups excluding carboxylic acids is 1. The van der Waals surface area contributed by atoms with Crippen LogP contribution >= 0.6 is 0 Å². The molecule has 136 valence electrons. The molecular weight excluding hydrogens is 334 g/mol. The lowest BCUT2D eigenvalue weighted by molar-refractivity contribution is -0.114. The zero-order valence-electron chi connectivity index (χ0n) is 15.2. The van der Waals surface area contributed by atoms with Crippen LogP contribution in [0.15, 0.2) is 40.6 Å². The van der Waals surface area contributed by atoms with E-state index in [1.165, 1.54) is 5.06 Å². The Kier molecular flexibility index (Phi) is 4.79. The SMILES string of the molecule is COc1cc(/C=C2/C(=N)N3OC(C)=CC3=NC2=O)ccc1OCC(C)C. The average molecular weight is 355 g/mol. The molecule has 0 spiro atoms. The molecule has 1 amide bonds. The summed E-state index contributed by atoms with van der Waals surface area (Å²) >= 11 is 0. The Morgan fingerprint density at radius 3 is 2.81 bits per heavy atom. The number of nitrogens with zero attached hydrogens (tertiary/aromatic N) is 2. The van der Waals surface area contributed by atoms with Crippen LogP contribution in [-0.4, -0.2) is 36.4 Å². The number of nitrogens with one attached hydrogen (secondary N) is 1. The van der Waals surface area contributed by atoms with Crippen molar-refractivity contribution >= 4 is 23.7 Å². The van der Waals surface area contributed by atoms with E-state index in [1.54, 1.807) is 44.4 Å². The maximum absolute atomic E-state index is 12.3. The molecule has 0 fully saturated rings. The number of rotatable bonds is 5. The molecule has 0 saturated heterocycles. The summed E-state index contributed by atoms with van der Waals surface area (Å²) in [7, 11) is 1.56. The molecule has 0 aromatic heterocycles. The first-order valence-electron chi connectivity index (χ1n) is 8.30. The monoisotopic (exact) mass is 355 g/mol. The first-order chi connectivity index (χ1) is 12.4. The van der Waals surface area contributed by atoms with Gasteiger partial charge in [0.15, 0.2) is 23.2 Å². The van der Waals surface area contributed by atoms with Crippen LogP contribution < -0.4 is 9.47 Å². The van der Waals surface area contributed by atoms with Gasteiger partial charge in [0, 0.05) is 6.08 Å². The molecule has 0 saturated carbocycles. The van der Waals surface area contributed by atoms with Crippen molar-refractivity contribution in [3.8, 4) is 11.5 Å². The molecule has 1 aromatic rings. The van der Waals surface area contributed by atoms with Crippen molar-refractivity contribution in [3.05, 3.63) is 41.2 Å². The summed E-state index contributed by atoms with van der Waals surface area (Å²) in [4.78, 5) is 21.7. The minimum absolute atomic E-state index is 0.0489.